The summed E-state index contributed by atoms with van der Waals surface area (Å²) in [6, 6.07) is 0.333. The minimum atomic E-state index is -0.169. The lowest BCUT2D eigenvalue weighted by Gasteiger charge is -2.30. The first-order valence-electron chi connectivity index (χ1n) is 6.51. The molecular weight excluding hydrogens is 202 g/mol. The van der Waals surface area contributed by atoms with Crippen molar-refractivity contribution < 1.29 is 9.53 Å². The van der Waals surface area contributed by atoms with Crippen molar-refractivity contribution in [2.45, 2.75) is 64.5 Å². The molecule has 0 heterocycles. The van der Waals surface area contributed by atoms with Crippen molar-refractivity contribution in [3.05, 3.63) is 0 Å². The normalized spacial score (nSPS) is 27.4. The van der Waals surface area contributed by atoms with Crippen LogP contribution in [0.25, 0.3) is 0 Å². The first kappa shape index (κ1) is 13.5. The van der Waals surface area contributed by atoms with Crippen molar-refractivity contribution >= 4 is 5.97 Å². The number of hydrogen-bond donors (Lipinski definition) is 1. The van der Waals surface area contributed by atoms with E-state index in [0.717, 1.165) is 5.92 Å². The monoisotopic (exact) mass is 227 g/mol. The quantitative estimate of drug-likeness (QED) is 0.733. The summed E-state index contributed by atoms with van der Waals surface area (Å²) < 4.78 is 4.71. The number of rotatable bonds is 5. The second kappa shape index (κ2) is 6.89. The van der Waals surface area contributed by atoms with Crippen LogP contribution in [0.3, 0.4) is 0 Å². The molecule has 1 saturated carbocycles. The molecule has 0 aromatic heterocycles. The maximum atomic E-state index is 11.3. The second-order valence-corrected chi connectivity index (χ2v) is 4.92. The zero-order valence-corrected chi connectivity index (χ0v) is 10.8. The Bertz CT molecular complexity index is 210. The van der Waals surface area contributed by atoms with Crippen LogP contribution in [0, 0.1) is 5.92 Å². The van der Waals surface area contributed by atoms with Gasteiger partial charge in [0.25, 0.3) is 0 Å². The third kappa shape index (κ3) is 4.12. The van der Waals surface area contributed by atoms with Gasteiger partial charge in [0.15, 0.2) is 0 Å². The van der Waals surface area contributed by atoms with Crippen LogP contribution in [0.4, 0.5) is 0 Å². The average molecular weight is 227 g/mol. The Kier molecular flexibility index (Phi) is 5.81. The smallest absolute Gasteiger partial charge is 0.322 e. The van der Waals surface area contributed by atoms with Crippen LogP contribution in [0.2, 0.25) is 0 Å². The van der Waals surface area contributed by atoms with Gasteiger partial charge in [0.05, 0.1) is 7.11 Å². The molecule has 0 saturated heterocycles. The van der Waals surface area contributed by atoms with Gasteiger partial charge < -0.3 is 10.1 Å². The molecule has 0 aliphatic heterocycles. The van der Waals surface area contributed by atoms with E-state index in [1.807, 2.05) is 6.92 Å². The third-order valence-corrected chi connectivity index (χ3v) is 3.58. The number of hydrogen-bond acceptors (Lipinski definition) is 3. The van der Waals surface area contributed by atoms with E-state index in [9.17, 15) is 4.79 Å². The van der Waals surface area contributed by atoms with Gasteiger partial charge >= 0.3 is 5.97 Å². The Morgan fingerprint density at radius 2 is 2.00 bits per heavy atom. The fraction of sp³-hybridized carbons (Fsp3) is 0.923. The fourth-order valence-electron chi connectivity index (χ4n) is 2.62. The summed E-state index contributed by atoms with van der Waals surface area (Å²) in [6.45, 7) is 4.13. The van der Waals surface area contributed by atoms with Crippen LogP contribution < -0.4 is 5.32 Å². The van der Waals surface area contributed by atoms with Gasteiger partial charge in [-0.3, -0.25) is 4.79 Å². The minimum absolute atomic E-state index is 0.157. The van der Waals surface area contributed by atoms with Gasteiger partial charge in [-0.15, -0.1) is 0 Å². The molecule has 0 spiro atoms. The second-order valence-electron chi connectivity index (χ2n) is 4.92. The Morgan fingerprint density at radius 1 is 1.38 bits per heavy atom. The number of carbonyl (C=O) groups is 1. The summed E-state index contributed by atoms with van der Waals surface area (Å²) in [5.41, 5.74) is 0. The van der Waals surface area contributed by atoms with E-state index < -0.39 is 0 Å². The molecular formula is C13H25NO2. The molecule has 3 nitrogen and oxygen atoms in total. The number of esters is 1. The Hall–Kier alpha value is -0.570. The predicted octanol–water partition coefficient (Wildman–Crippen LogP) is 2.50. The molecule has 1 rings (SSSR count). The standard InChI is InChI=1S/C13H25NO2/c1-4-5-11-6-8-12(9-7-11)14-10(2)13(15)16-3/h10-12,14H,4-9H2,1-3H3/t10-,11?,12?/m0/s1. The SMILES string of the molecule is CCCC1CCC(N[C@@H](C)C(=O)OC)CC1. The van der Waals surface area contributed by atoms with Gasteiger partial charge in [0.1, 0.15) is 6.04 Å². The summed E-state index contributed by atoms with van der Waals surface area (Å²) >= 11 is 0. The van der Waals surface area contributed by atoms with Gasteiger partial charge in [-0.2, -0.15) is 0 Å². The molecule has 16 heavy (non-hydrogen) atoms. The molecule has 1 atom stereocenters. The van der Waals surface area contributed by atoms with Crippen molar-refractivity contribution in [1.29, 1.82) is 0 Å². The van der Waals surface area contributed by atoms with E-state index >= 15 is 0 Å². The molecule has 1 aliphatic carbocycles. The van der Waals surface area contributed by atoms with Crippen LogP contribution in [0.5, 0.6) is 0 Å². The average Bonchev–Trinajstić information content (AvgIpc) is 2.31. The Balaban J connectivity index is 2.24. The first-order valence-corrected chi connectivity index (χ1v) is 6.51. The van der Waals surface area contributed by atoms with Crippen LogP contribution >= 0.6 is 0 Å². The molecule has 1 aliphatic rings. The summed E-state index contributed by atoms with van der Waals surface area (Å²) in [5, 5.41) is 3.36. The number of carbonyl (C=O) groups excluding carboxylic acids is 1. The van der Waals surface area contributed by atoms with Gasteiger partial charge in [0.2, 0.25) is 0 Å². The van der Waals surface area contributed by atoms with Crippen molar-refractivity contribution in [1.82, 2.24) is 5.32 Å². The van der Waals surface area contributed by atoms with Crippen molar-refractivity contribution in [2.75, 3.05) is 7.11 Å². The summed E-state index contributed by atoms with van der Waals surface area (Å²) in [4.78, 5) is 11.3. The van der Waals surface area contributed by atoms with E-state index in [-0.39, 0.29) is 12.0 Å². The topological polar surface area (TPSA) is 38.3 Å². The first-order chi connectivity index (χ1) is 7.67. The molecule has 0 radical (unpaired) electrons. The van der Waals surface area contributed by atoms with Crippen LogP contribution in [0.1, 0.15) is 52.4 Å². The molecule has 3 heteroatoms. The molecule has 0 aromatic carbocycles. The fourth-order valence-corrected chi connectivity index (χ4v) is 2.62. The lowest BCUT2D eigenvalue weighted by Crippen LogP contribution is -2.43. The van der Waals surface area contributed by atoms with Gasteiger partial charge in [-0.05, 0) is 38.5 Å². The highest BCUT2D eigenvalue weighted by Gasteiger charge is 2.23. The third-order valence-electron chi connectivity index (χ3n) is 3.58. The molecule has 94 valence electrons. The number of methoxy groups -OCH3 is 1. The van der Waals surface area contributed by atoms with Crippen LogP contribution in [0.15, 0.2) is 0 Å². The minimum Gasteiger partial charge on any atom is -0.468 e. The van der Waals surface area contributed by atoms with Crippen molar-refractivity contribution in [2.24, 2.45) is 5.92 Å². The lowest BCUT2D eigenvalue weighted by molar-refractivity contribution is -0.142. The summed E-state index contributed by atoms with van der Waals surface area (Å²) in [5.74, 6) is 0.757. The molecule has 0 amide bonds. The Morgan fingerprint density at radius 3 is 2.50 bits per heavy atom. The highest BCUT2D eigenvalue weighted by molar-refractivity contribution is 5.75. The van der Waals surface area contributed by atoms with E-state index in [1.165, 1.54) is 45.6 Å². The van der Waals surface area contributed by atoms with E-state index in [0.29, 0.717) is 6.04 Å². The Labute approximate surface area is 98.9 Å². The van der Waals surface area contributed by atoms with Crippen LogP contribution in [-0.4, -0.2) is 25.2 Å². The van der Waals surface area contributed by atoms with Crippen LogP contribution in [-0.2, 0) is 9.53 Å². The zero-order valence-electron chi connectivity index (χ0n) is 10.8. The molecule has 0 aromatic rings. The van der Waals surface area contributed by atoms with Gasteiger partial charge in [0, 0.05) is 6.04 Å². The lowest BCUT2D eigenvalue weighted by atomic mass is 9.83. The molecule has 0 unspecified atom stereocenters. The highest BCUT2D eigenvalue weighted by Crippen LogP contribution is 2.27. The maximum absolute atomic E-state index is 11.3. The van der Waals surface area contributed by atoms with E-state index in [2.05, 4.69) is 12.2 Å². The number of nitrogens with one attached hydrogen (secondary N) is 1. The van der Waals surface area contributed by atoms with Crippen molar-refractivity contribution in [3.63, 3.8) is 0 Å². The molecule has 1 fully saturated rings. The largest absolute Gasteiger partial charge is 0.468 e. The molecule has 0 bridgehead atoms. The summed E-state index contributed by atoms with van der Waals surface area (Å²) in [6.07, 6.45) is 7.66. The maximum Gasteiger partial charge on any atom is 0.322 e. The highest BCUT2D eigenvalue weighted by atomic mass is 16.5. The predicted molar refractivity (Wildman–Crippen MR) is 65.3 cm³/mol. The van der Waals surface area contributed by atoms with Crippen molar-refractivity contribution in [3.8, 4) is 0 Å². The van der Waals surface area contributed by atoms with Gasteiger partial charge in [-0.1, -0.05) is 19.8 Å². The van der Waals surface area contributed by atoms with E-state index in [1.54, 1.807) is 0 Å². The zero-order chi connectivity index (χ0) is 12.0. The van der Waals surface area contributed by atoms with E-state index in [4.69, 9.17) is 4.74 Å². The molecule has 1 N–H and O–H groups in total. The summed E-state index contributed by atoms with van der Waals surface area (Å²) in [7, 11) is 1.44. The number of ether oxygens (including phenoxy) is 1. The van der Waals surface area contributed by atoms with Gasteiger partial charge in [-0.25, -0.2) is 0 Å².